The topological polar surface area (TPSA) is 76.4 Å². The number of hydrogen-bond donors (Lipinski definition) is 2. The number of ether oxygens (including phenoxy) is 1. The number of aromatic nitrogens is 3. The molecule has 0 unspecified atom stereocenters. The van der Waals surface area contributed by atoms with Crippen molar-refractivity contribution in [1.82, 2.24) is 25.4 Å². The van der Waals surface area contributed by atoms with E-state index in [9.17, 15) is 0 Å². The maximum atomic E-state index is 5.46. The number of aryl methyl sites for hydroxylation is 3. The van der Waals surface area contributed by atoms with Crippen LogP contribution in [0.1, 0.15) is 48.5 Å². The molecule has 0 bridgehead atoms. The van der Waals surface area contributed by atoms with Crippen LogP contribution in [0, 0.1) is 6.92 Å². The van der Waals surface area contributed by atoms with Crippen molar-refractivity contribution in [2.24, 2.45) is 4.99 Å². The number of methoxy groups -OCH3 is 1. The molecular weight excluding hydrogens is 364 g/mol. The van der Waals surface area contributed by atoms with Crippen LogP contribution in [0.3, 0.4) is 0 Å². The Hall–Kier alpha value is -2.57. The SMILES string of the molecule is CN=C(NCCCc1nnc2n1CCCCC2)NCCc1cc(C)ccc1OC. The van der Waals surface area contributed by atoms with Crippen LogP contribution in [0.5, 0.6) is 5.75 Å². The number of rotatable bonds is 8. The summed E-state index contributed by atoms with van der Waals surface area (Å²) in [5.74, 6) is 4.05. The van der Waals surface area contributed by atoms with Crippen molar-refractivity contribution in [3.05, 3.63) is 41.0 Å². The Morgan fingerprint density at radius 2 is 2.00 bits per heavy atom. The lowest BCUT2D eigenvalue weighted by atomic mass is 10.1. The normalized spacial score (nSPS) is 14.2. The fourth-order valence-electron chi connectivity index (χ4n) is 3.82. The van der Waals surface area contributed by atoms with Crippen LogP contribution in [0.2, 0.25) is 0 Å². The van der Waals surface area contributed by atoms with Crippen LogP contribution in [-0.4, -0.2) is 48.0 Å². The van der Waals surface area contributed by atoms with Crippen molar-refractivity contribution in [3.8, 4) is 5.75 Å². The lowest BCUT2D eigenvalue weighted by molar-refractivity contribution is 0.409. The summed E-state index contributed by atoms with van der Waals surface area (Å²) in [7, 11) is 3.53. The number of benzene rings is 1. The summed E-state index contributed by atoms with van der Waals surface area (Å²) in [5.41, 5.74) is 2.46. The molecule has 2 aromatic rings. The molecule has 1 aromatic carbocycles. The van der Waals surface area contributed by atoms with Gasteiger partial charge in [0.2, 0.25) is 0 Å². The zero-order valence-corrected chi connectivity index (χ0v) is 18.0. The minimum atomic E-state index is 0.803. The second-order valence-corrected chi connectivity index (χ2v) is 7.59. The number of hydrogen-bond acceptors (Lipinski definition) is 4. The van der Waals surface area contributed by atoms with Gasteiger partial charge < -0.3 is 19.9 Å². The van der Waals surface area contributed by atoms with E-state index in [2.05, 4.69) is 49.4 Å². The quantitative estimate of drug-likeness (QED) is 0.406. The van der Waals surface area contributed by atoms with Gasteiger partial charge in [0, 0.05) is 39.5 Å². The molecule has 0 saturated carbocycles. The predicted molar refractivity (Wildman–Crippen MR) is 117 cm³/mol. The largest absolute Gasteiger partial charge is 0.496 e. The molecule has 3 rings (SSSR count). The monoisotopic (exact) mass is 398 g/mol. The summed E-state index contributed by atoms with van der Waals surface area (Å²) < 4.78 is 7.79. The van der Waals surface area contributed by atoms with E-state index in [0.29, 0.717) is 0 Å². The molecule has 158 valence electrons. The van der Waals surface area contributed by atoms with Gasteiger partial charge in [0.1, 0.15) is 17.4 Å². The van der Waals surface area contributed by atoms with Crippen molar-refractivity contribution >= 4 is 5.96 Å². The van der Waals surface area contributed by atoms with E-state index in [-0.39, 0.29) is 0 Å². The van der Waals surface area contributed by atoms with Crippen molar-refractivity contribution < 1.29 is 4.74 Å². The van der Waals surface area contributed by atoms with Gasteiger partial charge in [-0.25, -0.2) is 0 Å². The van der Waals surface area contributed by atoms with Crippen LogP contribution >= 0.6 is 0 Å². The molecular formula is C22H34N6O. The summed E-state index contributed by atoms with van der Waals surface area (Å²) in [6, 6.07) is 6.28. The first-order chi connectivity index (χ1) is 14.2. The molecule has 0 aliphatic carbocycles. The summed E-state index contributed by atoms with van der Waals surface area (Å²) in [6.45, 7) is 4.83. The number of nitrogens with one attached hydrogen (secondary N) is 2. The summed E-state index contributed by atoms with van der Waals surface area (Å²) in [6.07, 6.45) is 7.66. The van der Waals surface area contributed by atoms with Gasteiger partial charge in [0.05, 0.1) is 7.11 Å². The third kappa shape index (κ3) is 5.95. The van der Waals surface area contributed by atoms with Crippen LogP contribution in [-0.2, 0) is 25.8 Å². The highest BCUT2D eigenvalue weighted by Gasteiger charge is 2.14. The van der Waals surface area contributed by atoms with Gasteiger partial charge in [0.25, 0.3) is 0 Å². The first-order valence-corrected chi connectivity index (χ1v) is 10.7. The fraction of sp³-hybridized carbons (Fsp3) is 0.591. The summed E-state index contributed by atoms with van der Waals surface area (Å²) in [5, 5.41) is 15.6. The van der Waals surface area contributed by atoms with E-state index >= 15 is 0 Å². The highest BCUT2D eigenvalue weighted by molar-refractivity contribution is 5.79. The number of guanidine groups is 1. The van der Waals surface area contributed by atoms with Gasteiger partial charge in [-0.2, -0.15) is 0 Å². The standard InChI is InChI=1S/C22H34N6O/c1-17-10-11-19(29-3)18(16-17)12-14-25-22(23-2)24-13-7-9-21-27-26-20-8-5-4-6-15-28(20)21/h10-11,16H,4-9,12-15H2,1-3H3,(H2,23,24,25). The molecule has 1 aromatic heterocycles. The van der Waals surface area contributed by atoms with Crippen LogP contribution in [0.4, 0.5) is 0 Å². The molecule has 29 heavy (non-hydrogen) atoms. The second kappa shape index (κ2) is 10.8. The van der Waals surface area contributed by atoms with Crippen molar-refractivity contribution in [2.45, 2.75) is 58.4 Å². The molecule has 0 fully saturated rings. The Balaban J connectivity index is 1.40. The zero-order valence-electron chi connectivity index (χ0n) is 18.0. The first-order valence-electron chi connectivity index (χ1n) is 10.7. The number of fused-ring (bicyclic) bond motifs is 1. The minimum Gasteiger partial charge on any atom is -0.496 e. The molecule has 0 spiro atoms. The first kappa shape index (κ1) is 21.1. The van der Waals surface area contributed by atoms with Gasteiger partial charge in [-0.1, -0.05) is 24.1 Å². The van der Waals surface area contributed by atoms with Gasteiger partial charge in [-0.15, -0.1) is 10.2 Å². The molecule has 0 atom stereocenters. The summed E-state index contributed by atoms with van der Waals surface area (Å²) in [4.78, 5) is 4.33. The smallest absolute Gasteiger partial charge is 0.190 e. The molecule has 2 N–H and O–H groups in total. The van der Waals surface area contributed by atoms with Crippen LogP contribution in [0.25, 0.3) is 0 Å². The van der Waals surface area contributed by atoms with Gasteiger partial charge in [-0.05, 0) is 44.2 Å². The summed E-state index contributed by atoms with van der Waals surface area (Å²) >= 11 is 0. The van der Waals surface area contributed by atoms with Gasteiger partial charge in [-0.3, -0.25) is 4.99 Å². The average Bonchev–Trinajstić information content (AvgIpc) is 2.95. The van der Waals surface area contributed by atoms with E-state index in [1.165, 1.54) is 30.4 Å². The Kier molecular flexibility index (Phi) is 7.90. The number of aliphatic imine (C=N–C) groups is 1. The molecule has 0 radical (unpaired) electrons. The lowest BCUT2D eigenvalue weighted by Gasteiger charge is -2.13. The highest BCUT2D eigenvalue weighted by atomic mass is 16.5. The van der Waals surface area contributed by atoms with Crippen LogP contribution < -0.4 is 15.4 Å². The third-order valence-corrected chi connectivity index (χ3v) is 5.40. The molecule has 1 aliphatic rings. The Morgan fingerprint density at radius 1 is 1.14 bits per heavy atom. The molecule has 0 amide bonds. The predicted octanol–water partition coefficient (Wildman–Crippen LogP) is 2.66. The lowest BCUT2D eigenvalue weighted by Crippen LogP contribution is -2.38. The maximum absolute atomic E-state index is 5.46. The van der Waals surface area contributed by atoms with Crippen LogP contribution in [0.15, 0.2) is 23.2 Å². The van der Waals surface area contributed by atoms with Crippen molar-refractivity contribution in [3.63, 3.8) is 0 Å². The molecule has 7 nitrogen and oxygen atoms in total. The van der Waals surface area contributed by atoms with Gasteiger partial charge >= 0.3 is 0 Å². The zero-order chi connectivity index (χ0) is 20.5. The molecule has 0 saturated heterocycles. The van der Waals surface area contributed by atoms with E-state index in [1.807, 2.05) is 6.07 Å². The maximum Gasteiger partial charge on any atom is 0.190 e. The highest BCUT2D eigenvalue weighted by Crippen LogP contribution is 2.19. The van der Waals surface area contributed by atoms with Gasteiger partial charge in [0.15, 0.2) is 5.96 Å². The van der Waals surface area contributed by atoms with Crippen molar-refractivity contribution in [1.29, 1.82) is 0 Å². The molecule has 7 heteroatoms. The third-order valence-electron chi connectivity index (χ3n) is 5.40. The Bertz CT molecular complexity index is 814. The van der Waals surface area contributed by atoms with Crippen molar-refractivity contribution in [2.75, 3.05) is 27.2 Å². The van der Waals surface area contributed by atoms with E-state index < -0.39 is 0 Å². The Labute approximate surface area is 174 Å². The second-order valence-electron chi connectivity index (χ2n) is 7.59. The number of nitrogens with zero attached hydrogens (tertiary/aromatic N) is 4. The fourth-order valence-corrected chi connectivity index (χ4v) is 3.82. The minimum absolute atomic E-state index is 0.803. The Morgan fingerprint density at radius 3 is 2.83 bits per heavy atom. The van der Waals surface area contributed by atoms with E-state index in [0.717, 1.165) is 68.7 Å². The van der Waals surface area contributed by atoms with E-state index in [1.54, 1.807) is 14.2 Å². The molecule has 2 heterocycles. The average molecular weight is 399 g/mol. The molecule has 1 aliphatic heterocycles. The van der Waals surface area contributed by atoms with E-state index in [4.69, 9.17) is 4.74 Å².